The van der Waals surface area contributed by atoms with Gasteiger partial charge in [-0.25, -0.2) is 14.6 Å². The number of anilines is 1. The number of benzene rings is 1. The van der Waals surface area contributed by atoms with Gasteiger partial charge in [0.25, 0.3) is 0 Å². The third-order valence-corrected chi connectivity index (χ3v) is 4.53. The summed E-state index contributed by atoms with van der Waals surface area (Å²) >= 11 is 1.60. The fourth-order valence-corrected chi connectivity index (χ4v) is 2.87. The number of carbonyl (C=O) groups excluding carboxylic acids is 1. The molecule has 3 aromatic rings. The van der Waals surface area contributed by atoms with Gasteiger partial charge in [-0.2, -0.15) is 5.10 Å². The van der Waals surface area contributed by atoms with Crippen molar-refractivity contribution < 1.29 is 4.79 Å². The fourth-order valence-electron chi connectivity index (χ4n) is 2.02. The van der Waals surface area contributed by atoms with Crippen LogP contribution in [0.25, 0.3) is 5.95 Å². The predicted molar refractivity (Wildman–Crippen MR) is 95.0 cm³/mol. The minimum absolute atomic E-state index is 0.0514. The summed E-state index contributed by atoms with van der Waals surface area (Å²) in [6.45, 7) is 1.90. The summed E-state index contributed by atoms with van der Waals surface area (Å²) in [6, 6.07) is 11.8. The number of nitrogens with zero attached hydrogens (tertiary/aromatic N) is 4. The molecular formula is C17H17N5OS. The highest BCUT2D eigenvalue weighted by molar-refractivity contribution is 7.99. The van der Waals surface area contributed by atoms with Crippen molar-refractivity contribution >= 4 is 23.4 Å². The molecule has 0 aliphatic heterocycles. The van der Waals surface area contributed by atoms with E-state index in [4.69, 9.17) is 0 Å². The first-order valence-electron chi connectivity index (χ1n) is 7.51. The van der Waals surface area contributed by atoms with Crippen LogP contribution in [0.2, 0.25) is 0 Å². The number of thioether (sulfide) groups is 1. The van der Waals surface area contributed by atoms with Crippen LogP contribution < -0.4 is 5.32 Å². The monoisotopic (exact) mass is 339 g/mol. The average molecular weight is 339 g/mol. The first-order chi connectivity index (χ1) is 11.7. The van der Waals surface area contributed by atoms with Crippen LogP contribution in [0.15, 0.2) is 61.2 Å². The van der Waals surface area contributed by atoms with Gasteiger partial charge >= 0.3 is 0 Å². The van der Waals surface area contributed by atoms with Crippen LogP contribution in [0.5, 0.6) is 0 Å². The Balaban J connectivity index is 1.55. The quantitative estimate of drug-likeness (QED) is 0.747. The molecule has 1 atom stereocenters. The molecule has 122 valence electrons. The second-order valence-electron chi connectivity index (χ2n) is 5.15. The van der Waals surface area contributed by atoms with Crippen molar-refractivity contribution in [2.75, 3.05) is 5.32 Å². The fraction of sp³-hybridized carbons (Fsp3) is 0.176. The molecule has 1 N–H and O–H groups in total. The van der Waals surface area contributed by atoms with Gasteiger partial charge in [0.05, 0.1) is 23.3 Å². The van der Waals surface area contributed by atoms with Gasteiger partial charge in [-0.3, -0.25) is 4.79 Å². The zero-order valence-corrected chi connectivity index (χ0v) is 14.0. The Morgan fingerprint density at radius 2 is 1.96 bits per heavy atom. The summed E-state index contributed by atoms with van der Waals surface area (Å²) in [5.41, 5.74) is 1.83. The van der Waals surface area contributed by atoms with E-state index in [1.807, 2.05) is 25.1 Å². The Morgan fingerprint density at radius 1 is 1.21 bits per heavy atom. The van der Waals surface area contributed by atoms with Crippen LogP contribution in [-0.4, -0.2) is 30.9 Å². The SMILES string of the molecule is C[C@@H](SCc1ccccc1)C(=O)Nc1cnn(-c2ncccn2)c1. The van der Waals surface area contributed by atoms with Gasteiger partial charge in [0, 0.05) is 18.1 Å². The van der Waals surface area contributed by atoms with Crippen molar-refractivity contribution in [2.24, 2.45) is 0 Å². The first-order valence-corrected chi connectivity index (χ1v) is 8.56. The van der Waals surface area contributed by atoms with Crippen molar-refractivity contribution in [3.63, 3.8) is 0 Å². The van der Waals surface area contributed by atoms with E-state index >= 15 is 0 Å². The van der Waals surface area contributed by atoms with Gasteiger partial charge in [-0.05, 0) is 18.6 Å². The second kappa shape index (κ2) is 7.74. The van der Waals surface area contributed by atoms with Crippen LogP contribution in [0.4, 0.5) is 5.69 Å². The first kappa shape index (κ1) is 16.2. The molecule has 0 fully saturated rings. The van der Waals surface area contributed by atoms with Crippen LogP contribution in [0, 0.1) is 0 Å². The van der Waals surface area contributed by atoms with E-state index in [1.165, 1.54) is 10.2 Å². The van der Waals surface area contributed by atoms with E-state index in [9.17, 15) is 4.79 Å². The minimum Gasteiger partial charge on any atom is -0.322 e. The maximum absolute atomic E-state index is 12.3. The van der Waals surface area contributed by atoms with Crippen molar-refractivity contribution in [1.29, 1.82) is 0 Å². The molecule has 7 heteroatoms. The average Bonchev–Trinajstić information content (AvgIpc) is 3.10. The van der Waals surface area contributed by atoms with E-state index in [0.29, 0.717) is 11.6 Å². The highest BCUT2D eigenvalue weighted by atomic mass is 32.2. The van der Waals surface area contributed by atoms with E-state index in [1.54, 1.807) is 42.6 Å². The molecule has 24 heavy (non-hydrogen) atoms. The zero-order chi connectivity index (χ0) is 16.8. The number of nitrogens with one attached hydrogen (secondary N) is 1. The van der Waals surface area contributed by atoms with Gasteiger partial charge in [0.1, 0.15) is 0 Å². The van der Waals surface area contributed by atoms with Crippen LogP contribution >= 0.6 is 11.8 Å². The molecule has 6 nitrogen and oxygen atoms in total. The highest BCUT2D eigenvalue weighted by Gasteiger charge is 2.14. The maximum atomic E-state index is 12.3. The van der Waals surface area contributed by atoms with E-state index < -0.39 is 0 Å². The number of hydrogen-bond donors (Lipinski definition) is 1. The van der Waals surface area contributed by atoms with Gasteiger partial charge in [0.2, 0.25) is 11.9 Å². The third kappa shape index (κ3) is 4.20. The third-order valence-electron chi connectivity index (χ3n) is 3.32. The second-order valence-corrected chi connectivity index (χ2v) is 6.48. The van der Waals surface area contributed by atoms with Gasteiger partial charge in [0.15, 0.2) is 0 Å². The van der Waals surface area contributed by atoms with Gasteiger partial charge < -0.3 is 5.32 Å². The molecule has 0 bridgehead atoms. The molecule has 0 saturated heterocycles. The van der Waals surface area contributed by atoms with Crippen molar-refractivity contribution in [3.8, 4) is 5.95 Å². The standard InChI is InChI=1S/C17H17N5OS/c1-13(24-12-14-6-3-2-4-7-14)16(23)21-15-10-20-22(11-15)17-18-8-5-9-19-17/h2-11,13H,12H2,1H3,(H,21,23)/t13-/m1/s1. The Morgan fingerprint density at radius 3 is 2.71 bits per heavy atom. The number of amides is 1. The molecule has 1 amide bonds. The summed E-state index contributed by atoms with van der Waals surface area (Å²) in [7, 11) is 0. The Hall–Kier alpha value is -2.67. The summed E-state index contributed by atoms with van der Waals surface area (Å²) in [5, 5.41) is 6.87. The summed E-state index contributed by atoms with van der Waals surface area (Å²) < 4.78 is 1.53. The Bertz CT molecular complexity index is 791. The molecule has 0 aliphatic carbocycles. The van der Waals surface area contributed by atoms with Crippen LogP contribution in [0.1, 0.15) is 12.5 Å². The molecule has 0 aliphatic rings. The molecular weight excluding hydrogens is 322 g/mol. The summed E-state index contributed by atoms with van der Waals surface area (Å²) in [5.74, 6) is 1.21. The van der Waals surface area contributed by atoms with Crippen LogP contribution in [0.3, 0.4) is 0 Å². The summed E-state index contributed by atoms with van der Waals surface area (Å²) in [6.07, 6.45) is 6.57. The van der Waals surface area contributed by atoms with Gasteiger partial charge in [-0.15, -0.1) is 11.8 Å². The number of carbonyl (C=O) groups is 1. The smallest absolute Gasteiger partial charge is 0.250 e. The number of aromatic nitrogens is 4. The normalized spacial score (nSPS) is 11.9. The molecule has 1 aromatic carbocycles. The van der Waals surface area contributed by atoms with E-state index in [2.05, 4.69) is 32.5 Å². The predicted octanol–water partition coefficient (Wildman–Crippen LogP) is 2.92. The lowest BCUT2D eigenvalue weighted by molar-refractivity contribution is -0.115. The van der Waals surface area contributed by atoms with E-state index in [0.717, 1.165) is 5.75 Å². The number of hydrogen-bond acceptors (Lipinski definition) is 5. The Kier molecular flexibility index (Phi) is 5.22. The molecule has 0 unspecified atom stereocenters. The zero-order valence-electron chi connectivity index (χ0n) is 13.2. The topological polar surface area (TPSA) is 72.7 Å². The van der Waals surface area contributed by atoms with E-state index in [-0.39, 0.29) is 11.2 Å². The molecule has 0 saturated carbocycles. The van der Waals surface area contributed by atoms with Crippen LogP contribution in [-0.2, 0) is 10.5 Å². The highest BCUT2D eigenvalue weighted by Crippen LogP contribution is 2.19. The largest absolute Gasteiger partial charge is 0.322 e. The van der Waals surface area contributed by atoms with Crippen molar-refractivity contribution in [1.82, 2.24) is 19.7 Å². The lowest BCUT2D eigenvalue weighted by Crippen LogP contribution is -2.22. The van der Waals surface area contributed by atoms with Crippen molar-refractivity contribution in [3.05, 3.63) is 66.7 Å². The van der Waals surface area contributed by atoms with Gasteiger partial charge in [-0.1, -0.05) is 30.3 Å². The number of rotatable bonds is 6. The summed E-state index contributed by atoms with van der Waals surface area (Å²) in [4.78, 5) is 20.5. The lowest BCUT2D eigenvalue weighted by atomic mass is 10.2. The molecule has 2 aromatic heterocycles. The Labute approximate surface area is 144 Å². The van der Waals surface area contributed by atoms with Crippen molar-refractivity contribution in [2.45, 2.75) is 17.9 Å². The molecule has 0 radical (unpaired) electrons. The maximum Gasteiger partial charge on any atom is 0.250 e. The molecule has 2 heterocycles. The molecule has 0 spiro atoms. The molecule has 3 rings (SSSR count). The lowest BCUT2D eigenvalue weighted by Gasteiger charge is -2.10. The minimum atomic E-state index is -0.165.